The van der Waals surface area contributed by atoms with Crippen molar-refractivity contribution in [3.05, 3.63) is 129 Å². The molecule has 0 saturated heterocycles. The molecule has 2 aromatic carbocycles. The van der Waals surface area contributed by atoms with Crippen molar-refractivity contribution in [1.82, 2.24) is 9.13 Å². The van der Waals surface area contributed by atoms with Gasteiger partial charge in [0.05, 0.1) is 0 Å². The van der Waals surface area contributed by atoms with E-state index in [9.17, 15) is 0 Å². The predicted molar refractivity (Wildman–Crippen MR) is 214 cm³/mol. The van der Waals surface area contributed by atoms with Crippen molar-refractivity contribution in [2.75, 3.05) is 0 Å². The van der Waals surface area contributed by atoms with Crippen molar-refractivity contribution < 1.29 is 0 Å². The maximum absolute atomic E-state index is 2.79. The predicted octanol–water partition coefficient (Wildman–Crippen LogP) is 12.5. The van der Waals surface area contributed by atoms with Crippen LogP contribution in [-0.4, -0.2) is 9.13 Å². The van der Waals surface area contributed by atoms with Gasteiger partial charge in [-0.1, -0.05) is 84.0 Å². The van der Waals surface area contributed by atoms with Gasteiger partial charge in [0, 0.05) is 34.2 Å². The van der Waals surface area contributed by atoms with Crippen LogP contribution in [0.4, 0.5) is 0 Å². The third-order valence-corrected chi connectivity index (χ3v) is 13.6. The van der Waals surface area contributed by atoms with Gasteiger partial charge in [0.1, 0.15) is 0 Å². The number of hydrogen-bond acceptors (Lipinski definition) is 0. The van der Waals surface area contributed by atoms with E-state index in [1.54, 1.807) is 61.9 Å². The Kier molecular flexibility index (Phi) is 8.38. The van der Waals surface area contributed by atoms with E-state index in [1.165, 1.54) is 132 Å². The van der Waals surface area contributed by atoms with Crippen molar-refractivity contribution >= 4 is 17.8 Å². The van der Waals surface area contributed by atoms with E-state index in [1.807, 2.05) is 0 Å². The van der Waals surface area contributed by atoms with Crippen LogP contribution in [0.25, 0.3) is 34.7 Å². The molecule has 2 heteroatoms. The monoisotopic (exact) mass is 670 g/mol. The third kappa shape index (κ3) is 5.69. The lowest BCUT2D eigenvalue weighted by Gasteiger charge is -2.28. The van der Waals surface area contributed by atoms with Crippen molar-refractivity contribution in [2.24, 2.45) is 11.8 Å². The van der Waals surface area contributed by atoms with Crippen LogP contribution in [0.3, 0.4) is 0 Å². The summed E-state index contributed by atoms with van der Waals surface area (Å²) >= 11 is 0. The molecule has 2 aromatic heterocycles. The molecular formula is C49H54N2. The molecule has 2 nitrogen and oxygen atoms in total. The van der Waals surface area contributed by atoms with Crippen LogP contribution >= 0.6 is 0 Å². The van der Waals surface area contributed by atoms with Gasteiger partial charge in [0.2, 0.25) is 0 Å². The van der Waals surface area contributed by atoms with Crippen molar-refractivity contribution in [1.29, 1.82) is 0 Å². The Balaban J connectivity index is 1.04. The van der Waals surface area contributed by atoms with Crippen LogP contribution < -0.4 is 0 Å². The summed E-state index contributed by atoms with van der Waals surface area (Å²) in [6.45, 7) is 0. The fraction of sp³-hybridized carbons (Fsp3) is 0.429. The number of benzene rings is 2. The van der Waals surface area contributed by atoms with E-state index >= 15 is 0 Å². The Morgan fingerprint density at radius 2 is 1.24 bits per heavy atom. The minimum Gasteiger partial charge on any atom is -0.321 e. The van der Waals surface area contributed by atoms with Gasteiger partial charge in [-0.05, 0) is 179 Å². The van der Waals surface area contributed by atoms with Crippen molar-refractivity contribution in [2.45, 2.75) is 122 Å². The van der Waals surface area contributed by atoms with Gasteiger partial charge < -0.3 is 9.13 Å². The molecule has 6 aliphatic rings. The van der Waals surface area contributed by atoms with Gasteiger partial charge in [0.25, 0.3) is 0 Å². The molecule has 4 aromatic rings. The Labute approximate surface area is 305 Å². The maximum atomic E-state index is 2.79. The molecular weight excluding hydrogens is 617 g/mol. The zero-order valence-electron chi connectivity index (χ0n) is 30.6. The number of hydrogen-bond donors (Lipinski definition) is 0. The second-order valence-corrected chi connectivity index (χ2v) is 16.5. The lowest BCUT2D eigenvalue weighted by molar-refractivity contribution is 0.482. The average Bonchev–Trinajstić information content (AvgIpc) is 3.59. The summed E-state index contributed by atoms with van der Waals surface area (Å²) < 4.78 is 5.52. The van der Waals surface area contributed by atoms with Crippen LogP contribution in [0.1, 0.15) is 129 Å². The van der Waals surface area contributed by atoms with Gasteiger partial charge in [-0.15, -0.1) is 0 Å². The smallest absolute Gasteiger partial charge is 0.0455 e. The summed E-state index contributed by atoms with van der Waals surface area (Å²) in [6, 6.07) is 20.3. The summed E-state index contributed by atoms with van der Waals surface area (Å²) in [5, 5.41) is 0. The first-order chi connectivity index (χ1) is 25.3. The maximum Gasteiger partial charge on any atom is 0.0455 e. The fourth-order valence-corrected chi connectivity index (χ4v) is 11.1. The molecule has 2 heterocycles. The highest BCUT2D eigenvalue weighted by Crippen LogP contribution is 2.46. The molecule has 6 aliphatic carbocycles. The number of allylic oxidation sites excluding steroid dienone is 6. The summed E-state index contributed by atoms with van der Waals surface area (Å²) in [6.07, 6.45) is 37.1. The standard InChI is InChI=1S/C49H54N2/c1-4-13-34(14-5-1)36-23-27-41(28-24-36)51-48-29-25-38(35-15-6-2-7-16-35)32-44(48)45-33-39(26-30-49(45)51)37-17-12-22-47-43(31-37)42-20-10-11-21-46(42)50(47)40-18-8-3-9-19-40/h1,4-5,10,13-15,18,20,23-24,27-28,33,37-38H,2-3,6-9,11-12,16-17,19,21-22,25-26,29-32H2. The molecule has 0 saturated carbocycles. The van der Waals surface area contributed by atoms with Crippen LogP contribution in [0.5, 0.6) is 0 Å². The van der Waals surface area contributed by atoms with Crippen LogP contribution in [-0.2, 0) is 38.5 Å². The number of fused-ring (bicyclic) bond motifs is 6. The molecule has 0 fully saturated rings. The first kappa shape index (κ1) is 31.7. The van der Waals surface area contributed by atoms with Crippen LogP contribution in [0.15, 0.2) is 84.0 Å². The number of aromatic nitrogens is 2. The largest absolute Gasteiger partial charge is 0.321 e. The van der Waals surface area contributed by atoms with E-state index in [-0.39, 0.29) is 0 Å². The summed E-state index contributed by atoms with van der Waals surface area (Å²) in [5.74, 6) is 1.38. The Morgan fingerprint density at radius 1 is 0.490 bits per heavy atom. The zero-order valence-corrected chi connectivity index (χ0v) is 30.6. The van der Waals surface area contributed by atoms with Gasteiger partial charge in [-0.25, -0.2) is 0 Å². The molecule has 0 radical (unpaired) electrons. The summed E-state index contributed by atoms with van der Waals surface area (Å²) in [4.78, 5) is 0. The quantitative estimate of drug-likeness (QED) is 0.148. The van der Waals surface area contributed by atoms with Gasteiger partial charge >= 0.3 is 0 Å². The highest BCUT2D eigenvalue weighted by atomic mass is 15.0. The van der Waals surface area contributed by atoms with E-state index in [0.717, 1.165) is 12.3 Å². The molecule has 0 spiro atoms. The molecule has 0 aliphatic heterocycles. The first-order valence-corrected chi connectivity index (χ1v) is 20.7. The topological polar surface area (TPSA) is 9.86 Å². The first-order valence-electron chi connectivity index (χ1n) is 20.7. The van der Waals surface area contributed by atoms with E-state index < -0.39 is 0 Å². The van der Waals surface area contributed by atoms with Crippen molar-refractivity contribution in [3.63, 3.8) is 0 Å². The third-order valence-electron chi connectivity index (χ3n) is 13.6. The molecule has 0 bridgehead atoms. The number of rotatable bonds is 5. The Hall–Kier alpha value is -4.04. The minimum atomic E-state index is 0.652. The Morgan fingerprint density at radius 3 is 2.04 bits per heavy atom. The average molecular weight is 671 g/mol. The molecule has 2 atom stereocenters. The normalized spacial score (nSPS) is 22.9. The highest BCUT2D eigenvalue weighted by molar-refractivity contribution is 5.70. The molecule has 2 unspecified atom stereocenters. The molecule has 0 N–H and O–H groups in total. The second-order valence-electron chi connectivity index (χ2n) is 16.5. The highest BCUT2D eigenvalue weighted by Gasteiger charge is 2.34. The molecule has 260 valence electrons. The molecule has 51 heavy (non-hydrogen) atoms. The fourth-order valence-electron chi connectivity index (χ4n) is 11.1. The van der Waals surface area contributed by atoms with Gasteiger partial charge in [-0.2, -0.15) is 0 Å². The molecule has 10 rings (SSSR count). The van der Waals surface area contributed by atoms with E-state index in [2.05, 4.69) is 94.1 Å². The SMILES string of the molecule is C1=Cc2c3c(n(C4=CCCCC4)c2CC1)CCCC(C1=Cc2c4c(n(-c5ccc(-c6ccccc6)cc5)c2CC1)CCC(C1=CCCCC1)C4)C3. The van der Waals surface area contributed by atoms with E-state index in [4.69, 9.17) is 0 Å². The summed E-state index contributed by atoms with van der Waals surface area (Å²) in [7, 11) is 0. The summed E-state index contributed by atoms with van der Waals surface area (Å²) in [5.41, 5.74) is 22.2. The number of nitrogens with zero attached hydrogens (tertiary/aromatic N) is 2. The second kappa shape index (κ2) is 13.5. The van der Waals surface area contributed by atoms with Gasteiger partial charge in [0.15, 0.2) is 0 Å². The molecule has 0 amide bonds. The van der Waals surface area contributed by atoms with Crippen molar-refractivity contribution in [3.8, 4) is 16.8 Å². The zero-order chi connectivity index (χ0) is 33.7. The minimum absolute atomic E-state index is 0.652. The van der Waals surface area contributed by atoms with Crippen LogP contribution in [0.2, 0.25) is 0 Å². The lowest BCUT2D eigenvalue weighted by atomic mass is 9.76. The lowest BCUT2D eigenvalue weighted by Crippen LogP contribution is -2.19. The van der Waals surface area contributed by atoms with Crippen LogP contribution in [0, 0.1) is 11.8 Å². The Bertz CT molecular complexity index is 2070. The van der Waals surface area contributed by atoms with E-state index in [0.29, 0.717) is 5.92 Å². The van der Waals surface area contributed by atoms with Gasteiger partial charge in [-0.3, -0.25) is 0 Å².